The van der Waals surface area contributed by atoms with E-state index in [0.717, 1.165) is 16.7 Å². The number of halogens is 1. The number of aromatic hydroxyl groups is 1. The molecule has 0 aliphatic carbocycles. The van der Waals surface area contributed by atoms with E-state index in [1.807, 2.05) is 12.1 Å². The highest BCUT2D eigenvalue weighted by Crippen LogP contribution is 2.33. The van der Waals surface area contributed by atoms with Crippen LogP contribution in [-0.2, 0) is 5.41 Å². The van der Waals surface area contributed by atoms with Crippen molar-refractivity contribution in [1.82, 2.24) is 0 Å². The Kier molecular flexibility index (Phi) is 3.12. The zero-order valence-electron chi connectivity index (χ0n) is 10.9. The second-order valence-corrected chi connectivity index (χ2v) is 5.49. The molecule has 0 aliphatic heterocycles. The highest BCUT2D eigenvalue weighted by molar-refractivity contribution is 5.71. The molecule has 0 bridgehead atoms. The van der Waals surface area contributed by atoms with E-state index in [-0.39, 0.29) is 17.0 Å². The Hall–Kier alpha value is -1.83. The summed E-state index contributed by atoms with van der Waals surface area (Å²) >= 11 is 0. The monoisotopic (exact) mass is 244 g/mol. The second kappa shape index (κ2) is 4.45. The number of rotatable bonds is 1. The van der Waals surface area contributed by atoms with Crippen LogP contribution in [0.2, 0.25) is 0 Å². The van der Waals surface area contributed by atoms with Gasteiger partial charge in [0.05, 0.1) is 0 Å². The van der Waals surface area contributed by atoms with Crippen LogP contribution in [0.15, 0.2) is 42.5 Å². The summed E-state index contributed by atoms with van der Waals surface area (Å²) in [4.78, 5) is 0. The standard InChI is InChI=1S/C16H17FO/c1-16(2,3)12-6-9-15(18)14(10-12)11-4-7-13(17)8-5-11/h4-10,18H,1-3H3. The fraction of sp³-hybridized carbons (Fsp3) is 0.250. The molecule has 2 rings (SSSR count). The summed E-state index contributed by atoms with van der Waals surface area (Å²) in [6.07, 6.45) is 0. The first-order chi connectivity index (χ1) is 8.38. The Morgan fingerprint density at radius 3 is 2.11 bits per heavy atom. The van der Waals surface area contributed by atoms with Gasteiger partial charge in [-0.05, 0) is 40.8 Å². The third kappa shape index (κ3) is 2.53. The summed E-state index contributed by atoms with van der Waals surface area (Å²) < 4.78 is 12.9. The van der Waals surface area contributed by atoms with E-state index in [0.29, 0.717) is 0 Å². The molecule has 2 aromatic rings. The van der Waals surface area contributed by atoms with Gasteiger partial charge in [0.1, 0.15) is 11.6 Å². The summed E-state index contributed by atoms with van der Waals surface area (Å²) in [6, 6.07) is 11.7. The largest absolute Gasteiger partial charge is 0.507 e. The predicted octanol–water partition coefficient (Wildman–Crippen LogP) is 4.50. The SMILES string of the molecule is CC(C)(C)c1ccc(O)c(-c2ccc(F)cc2)c1. The van der Waals surface area contributed by atoms with Gasteiger partial charge in [-0.15, -0.1) is 0 Å². The lowest BCUT2D eigenvalue weighted by Crippen LogP contribution is -2.10. The topological polar surface area (TPSA) is 20.2 Å². The molecule has 0 unspecified atom stereocenters. The molecule has 0 heterocycles. The normalized spacial score (nSPS) is 11.6. The van der Waals surface area contributed by atoms with E-state index in [1.54, 1.807) is 18.2 Å². The lowest BCUT2D eigenvalue weighted by atomic mass is 9.85. The summed E-state index contributed by atoms with van der Waals surface area (Å²) in [5.74, 6) is -0.0557. The van der Waals surface area contributed by atoms with Crippen molar-refractivity contribution < 1.29 is 9.50 Å². The molecule has 0 saturated heterocycles. The molecule has 0 spiro atoms. The minimum Gasteiger partial charge on any atom is -0.507 e. The molecule has 0 aromatic heterocycles. The van der Waals surface area contributed by atoms with Crippen LogP contribution in [0.3, 0.4) is 0 Å². The molecule has 0 amide bonds. The maximum absolute atomic E-state index is 12.9. The quantitative estimate of drug-likeness (QED) is 0.783. The van der Waals surface area contributed by atoms with E-state index >= 15 is 0 Å². The summed E-state index contributed by atoms with van der Waals surface area (Å²) in [5, 5.41) is 9.93. The average molecular weight is 244 g/mol. The predicted molar refractivity (Wildman–Crippen MR) is 72.2 cm³/mol. The Balaban J connectivity index is 2.53. The highest BCUT2D eigenvalue weighted by Gasteiger charge is 2.16. The van der Waals surface area contributed by atoms with E-state index in [9.17, 15) is 9.50 Å². The minimum atomic E-state index is -0.273. The first-order valence-electron chi connectivity index (χ1n) is 5.97. The van der Waals surface area contributed by atoms with Crippen molar-refractivity contribution in [2.75, 3.05) is 0 Å². The molecule has 2 aromatic carbocycles. The number of hydrogen-bond acceptors (Lipinski definition) is 1. The van der Waals surface area contributed by atoms with E-state index in [4.69, 9.17) is 0 Å². The van der Waals surface area contributed by atoms with Crippen molar-refractivity contribution in [3.63, 3.8) is 0 Å². The van der Waals surface area contributed by atoms with E-state index in [1.165, 1.54) is 12.1 Å². The van der Waals surface area contributed by atoms with Gasteiger partial charge < -0.3 is 5.11 Å². The van der Waals surface area contributed by atoms with Crippen molar-refractivity contribution >= 4 is 0 Å². The van der Waals surface area contributed by atoms with Crippen molar-refractivity contribution in [3.05, 3.63) is 53.8 Å². The lowest BCUT2D eigenvalue weighted by Gasteiger charge is -2.20. The van der Waals surface area contributed by atoms with Gasteiger partial charge in [0, 0.05) is 5.56 Å². The van der Waals surface area contributed by atoms with E-state index < -0.39 is 0 Å². The smallest absolute Gasteiger partial charge is 0.123 e. The molecule has 2 heteroatoms. The first kappa shape index (κ1) is 12.6. The van der Waals surface area contributed by atoms with Crippen LogP contribution in [0, 0.1) is 5.82 Å². The van der Waals surface area contributed by atoms with Crippen LogP contribution < -0.4 is 0 Å². The Morgan fingerprint density at radius 1 is 0.944 bits per heavy atom. The summed E-state index contributed by atoms with van der Waals surface area (Å²) in [7, 11) is 0. The van der Waals surface area contributed by atoms with Crippen molar-refractivity contribution in [1.29, 1.82) is 0 Å². The maximum Gasteiger partial charge on any atom is 0.123 e. The van der Waals surface area contributed by atoms with Crippen molar-refractivity contribution in [3.8, 4) is 16.9 Å². The lowest BCUT2D eigenvalue weighted by molar-refractivity contribution is 0.476. The highest BCUT2D eigenvalue weighted by atomic mass is 19.1. The van der Waals surface area contributed by atoms with Crippen LogP contribution >= 0.6 is 0 Å². The van der Waals surface area contributed by atoms with Gasteiger partial charge in [-0.2, -0.15) is 0 Å². The molecule has 1 nitrogen and oxygen atoms in total. The zero-order valence-corrected chi connectivity index (χ0v) is 10.9. The molecule has 1 N–H and O–H groups in total. The van der Waals surface area contributed by atoms with Crippen LogP contribution in [0.1, 0.15) is 26.3 Å². The van der Waals surface area contributed by atoms with Gasteiger partial charge in [-0.1, -0.05) is 39.0 Å². The molecular formula is C16H17FO. The zero-order chi connectivity index (χ0) is 13.3. The third-order valence-electron chi connectivity index (χ3n) is 3.02. The van der Waals surface area contributed by atoms with Gasteiger partial charge in [0.2, 0.25) is 0 Å². The molecular weight excluding hydrogens is 227 g/mol. The fourth-order valence-electron chi connectivity index (χ4n) is 1.86. The third-order valence-corrected chi connectivity index (χ3v) is 3.02. The van der Waals surface area contributed by atoms with Gasteiger partial charge in [0.15, 0.2) is 0 Å². The van der Waals surface area contributed by atoms with Gasteiger partial charge in [-0.25, -0.2) is 4.39 Å². The number of hydrogen-bond donors (Lipinski definition) is 1. The molecule has 0 atom stereocenters. The van der Waals surface area contributed by atoms with Crippen LogP contribution in [0.4, 0.5) is 4.39 Å². The molecule has 0 saturated carbocycles. The molecule has 18 heavy (non-hydrogen) atoms. The minimum absolute atomic E-state index is 0.0163. The Morgan fingerprint density at radius 2 is 1.56 bits per heavy atom. The Bertz CT molecular complexity index is 550. The van der Waals surface area contributed by atoms with Crippen LogP contribution in [0.5, 0.6) is 5.75 Å². The molecule has 0 fully saturated rings. The molecule has 94 valence electrons. The molecule has 0 aliphatic rings. The van der Waals surface area contributed by atoms with Gasteiger partial charge in [-0.3, -0.25) is 0 Å². The first-order valence-corrected chi connectivity index (χ1v) is 5.97. The number of phenols is 1. The van der Waals surface area contributed by atoms with Crippen molar-refractivity contribution in [2.45, 2.75) is 26.2 Å². The summed E-state index contributed by atoms with van der Waals surface area (Å²) in [6.45, 7) is 6.36. The van der Waals surface area contributed by atoms with Gasteiger partial charge >= 0.3 is 0 Å². The van der Waals surface area contributed by atoms with Crippen LogP contribution in [-0.4, -0.2) is 5.11 Å². The maximum atomic E-state index is 12.9. The van der Waals surface area contributed by atoms with Crippen molar-refractivity contribution in [2.24, 2.45) is 0 Å². The second-order valence-electron chi connectivity index (χ2n) is 5.49. The molecule has 0 radical (unpaired) electrons. The fourth-order valence-corrected chi connectivity index (χ4v) is 1.86. The number of phenolic OH excluding ortho intramolecular Hbond substituents is 1. The van der Waals surface area contributed by atoms with E-state index in [2.05, 4.69) is 20.8 Å². The number of benzene rings is 2. The Labute approximate surface area is 107 Å². The summed E-state index contributed by atoms with van der Waals surface area (Å²) in [5.41, 5.74) is 2.71. The average Bonchev–Trinajstić information content (AvgIpc) is 2.29. The van der Waals surface area contributed by atoms with Crippen LogP contribution in [0.25, 0.3) is 11.1 Å². The van der Waals surface area contributed by atoms with Gasteiger partial charge in [0.25, 0.3) is 0 Å².